The molecule has 1 unspecified atom stereocenters. The zero-order chi connectivity index (χ0) is 25.4. The number of alkyl carbamates (subject to hydrolysis) is 1. The Morgan fingerprint density at radius 2 is 2.08 bits per heavy atom. The number of anilines is 2. The van der Waals surface area contributed by atoms with Crippen LogP contribution in [0.5, 0.6) is 0 Å². The molecule has 1 saturated heterocycles. The number of nitrogens with one attached hydrogen (secondary N) is 3. The van der Waals surface area contributed by atoms with Gasteiger partial charge in [0.05, 0.1) is 5.92 Å². The molecule has 2 aromatic rings. The van der Waals surface area contributed by atoms with Gasteiger partial charge in [0.2, 0.25) is 11.8 Å². The first-order valence-corrected chi connectivity index (χ1v) is 13.4. The Kier molecular flexibility index (Phi) is 6.80. The SMILES string of the molecule is CC(C(=O)Nc1cc([C@H]2CC[C@@H](OC(=O)NC3(C)CC3)C2)[nH]n1)c1ccc(N2CCCC2=O)cc1Br. The first-order valence-electron chi connectivity index (χ1n) is 12.7. The predicted octanol–water partition coefficient (Wildman–Crippen LogP) is 4.96. The van der Waals surface area contributed by atoms with E-state index in [4.69, 9.17) is 4.74 Å². The lowest BCUT2D eigenvalue weighted by molar-refractivity contribution is -0.118. The van der Waals surface area contributed by atoms with Gasteiger partial charge in [0, 0.05) is 46.3 Å². The van der Waals surface area contributed by atoms with Gasteiger partial charge >= 0.3 is 6.09 Å². The molecule has 192 valence electrons. The molecule has 36 heavy (non-hydrogen) atoms. The van der Waals surface area contributed by atoms with E-state index in [1.165, 1.54) is 0 Å². The molecule has 3 aliphatic rings. The second-order valence-corrected chi connectivity index (χ2v) is 11.4. The van der Waals surface area contributed by atoms with Gasteiger partial charge in [0.15, 0.2) is 5.82 Å². The van der Waals surface area contributed by atoms with Gasteiger partial charge in [0.25, 0.3) is 0 Å². The van der Waals surface area contributed by atoms with Crippen molar-refractivity contribution >= 4 is 45.3 Å². The molecule has 2 aliphatic carbocycles. The zero-order valence-corrected chi connectivity index (χ0v) is 22.2. The minimum absolute atomic E-state index is 0.0900. The molecule has 3 fully saturated rings. The van der Waals surface area contributed by atoms with Crippen molar-refractivity contribution < 1.29 is 19.1 Å². The van der Waals surface area contributed by atoms with Gasteiger partial charge in [0.1, 0.15) is 6.10 Å². The third kappa shape index (κ3) is 5.43. The van der Waals surface area contributed by atoms with Gasteiger partial charge in [-0.3, -0.25) is 14.7 Å². The number of H-pyrrole nitrogens is 1. The molecule has 0 radical (unpaired) electrons. The fourth-order valence-electron chi connectivity index (χ4n) is 5.01. The van der Waals surface area contributed by atoms with E-state index < -0.39 is 5.92 Å². The van der Waals surface area contributed by atoms with E-state index >= 15 is 0 Å². The van der Waals surface area contributed by atoms with E-state index in [1.807, 2.05) is 38.1 Å². The molecule has 3 amide bonds. The minimum Gasteiger partial charge on any atom is -0.446 e. The van der Waals surface area contributed by atoms with Crippen LogP contribution in [0.15, 0.2) is 28.7 Å². The first-order chi connectivity index (χ1) is 17.2. The van der Waals surface area contributed by atoms with Crippen LogP contribution >= 0.6 is 15.9 Å². The van der Waals surface area contributed by atoms with Crippen LogP contribution in [0.25, 0.3) is 0 Å². The predicted molar refractivity (Wildman–Crippen MR) is 139 cm³/mol. The molecule has 1 aromatic heterocycles. The Morgan fingerprint density at radius 1 is 1.28 bits per heavy atom. The van der Waals surface area contributed by atoms with Crippen molar-refractivity contribution in [2.24, 2.45) is 0 Å². The molecule has 0 spiro atoms. The van der Waals surface area contributed by atoms with E-state index in [1.54, 1.807) is 4.90 Å². The molecule has 9 nitrogen and oxygen atoms in total. The normalized spacial score (nSPS) is 23.4. The van der Waals surface area contributed by atoms with Gasteiger partial charge in [-0.1, -0.05) is 22.0 Å². The van der Waals surface area contributed by atoms with Gasteiger partial charge in [-0.25, -0.2) is 4.79 Å². The van der Waals surface area contributed by atoms with Crippen molar-refractivity contribution in [3.8, 4) is 0 Å². The number of halogens is 1. The highest BCUT2D eigenvalue weighted by atomic mass is 79.9. The largest absolute Gasteiger partial charge is 0.446 e. The second kappa shape index (κ2) is 9.88. The maximum Gasteiger partial charge on any atom is 0.407 e. The number of amides is 3. The van der Waals surface area contributed by atoms with Crippen molar-refractivity contribution in [1.29, 1.82) is 0 Å². The Hall–Kier alpha value is -2.88. The average molecular weight is 558 g/mol. The van der Waals surface area contributed by atoms with Gasteiger partial charge in [-0.15, -0.1) is 0 Å². The molecule has 3 N–H and O–H groups in total. The van der Waals surface area contributed by atoms with Crippen LogP contribution < -0.4 is 15.5 Å². The summed E-state index contributed by atoms with van der Waals surface area (Å²) < 4.78 is 6.40. The average Bonchev–Trinajstić information content (AvgIpc) is 3.25. The lowest BCUT2D eigenvalue weighted by Gasteiger charge is -2.19. The van der Waals surface area contributed by atoms with Crippen molar-refractivity contribution in [3.05, 3.63) is 40.0 Å². The Labute approximate surface area is 218 Å². The zero-order valence-electron chi connectivity index (χ0n) is 20.6. The molecule has 10 heteroatoms. The molecule has 5 rings (SSSR count). The van der Waals surface area contributed by atoms with Crippen LogP contribution in [0.1, 0.15) is 81.9 Å². The third-order valence-electron chi connectivity index (χ3n) is 7.58. The summed E-state index contributed by atoms with van der Waals surface area (Å²) in [5.41, 5.74) is 2.52. The quantitative estimate of drug-likeness (QED) is 0.445. The molecule has 2 saturated carbocycles. The van der Waals surface area contributed by atoms with Crippen molar-refractivity contribution in [1.82, 2.24) is 15.5 Å². The summed E-state index contributed by atoms with van der Waals surface area (Å²) in [6.07, 6.45) is 5.42. The fourth-order valence-corrected chi connectivity index (χ4v) is 5.72. The highest BCUT2D eigenvalue weighted by molar-refractivity contribution is 9.10. The van der Waals surface area contributed by atoms with Crippen LogP contribution in [0.3, 0.4) is 0 Å². The molecule has 0 bridgehead atoms. The summed E-state index contributed by atoms with van der Waals surface area (Å²) >= 11 is 3.58. The summed E-state index contributed by atoms with van der Waals surface area (Å²) in [4.78, 5) is 38.9. The summed E-state index contributed by atoms with van der Waals surface area (Å²) in [5, 5.41) is 13.2. The van der Waals surface area contributed by atoms with Gasteiger partial charge in [-0.2, -0.15) is 5.10 Å². The summed E-state index contributed by atoms with van der Waals surface area (Å²) in [7, 11) is 0. The highest BCUT2D eigenvalue weighted by Gasteiger charge is 2.40. The van der Waals surface area contributed by atoms with Crippen LogP contribution in [0.2, 0.25) is 0 Å². The lowest BCUT2D eigenvalue weighted by atomic mass is 9.99. The first kappa shape index (κ1) is 24.8. The number of carbonyl (C=O) groups excluding carboxylic acids is 3. The van der Waals surface area contributed by atoms with E-state index in [0.717, 1.165) is 66.5 Å². The maximum absolute atomic E-state index is 13.0. The van der Waals surface area contributed by atoms with E-state index in [0.29, 0.717) is 12.2 Å². The number of aromatic amines is 1. The topological polar surface area (TPSA) is 116 Å². The number of hydrogen-bond donors (Lipinski definition) is 3. The second-order valence-electron chi connectivity index (χ2n) is 10.5. The number of carbonyl (C=O) groups is 3. The van der Waals surface area contributed by atoms with Crippen LogP contribution in [0.4, 0.5) is 16.3 Å². The summed E-state index contributed by atoms with van der Waals surface area (Å²) in [5.74, 6) is 0.215. The fraction of sp³-hybridized carbons (Fsp3) is 0.538. The molecule has 3 atom stereocenters. The molecule has 2 heterocycles. The lowest BCUT2D eigenvalue weighted by Crippen LogP contribution is -2.36. The van der Waals surface area contributed by atoms with E-state index in [-0.39, 0.29) is 35.5 Å². The molecule has 1 aromatic carbocycles. The van der Waals surface area contributed by atoms with Crippen LogP contribution in [-0.4, -0.2) is 46.3 Å². The van der Waals surface area contributed by atoms with Gasteiger partial charge < -0.3 is 20.3 Å². The van der Waals surface area contributed by atoms with Crippen molar-refractivity contribution in [3.63, 3.8) is 0 Å². The van der Waals surface area contributed by atoms with Crippen LogP contribution in [-0.2, 0) is 14.3 Å². The van der Waals surface area contributed by atoms with E-state index in [9.17, 15) is 14.4 Å². The van der Waals surface area contributed by atoms with Crippen molar-refractivity contribution in [2.45, 2.75) is 82.3 Å². The third-order valence-corrected chi connectivity index (χ3v) is 8.27. The van der Waals surface area contributed by atoms with Crippen molar-refractivity contribution in [2.75, 3.05) is 16.8 Å². The molecule has 1 aliphatic heterocycles. The smallest absolute Gasteiger partial charge is 0.407 e. The Morgan fingerprint density at radius 3 is 2.78 bits per heavy atom. The minimum atomic E-state index is -0.418. The van der Waals surface area contributed by atoms with Crippen LogP contribution in [0, 0.1) is 0 Å². The van der Waals surface area contributed by atoms with E-state index in [2.05, 4.69) is 36.8 Å². The molecular weight excluding hydrogens is 526 g/mol. The Balaban J connectivity index is 1.15. The summed E-state index contributed by atoms with van der Waals surface area (Å²) in [6.45, 7) is 4.59. The number of rotatable bonds is 7. The number of hydrogen-bond acceptors (Lipinski definition) is 5. The number of benzene rings is 1. The Bertz CT molecular complexity index is 1180. The maximum atomic E-state index is 13.0. The monoisotopic (exact) mass is 557 g/mol. The standard InChI is InChI=1S/C26H32BrN5O4/c1-15(19-8-6-17(13-20(19)27)32-11-3-4-23(32)33)24(34)28-22-14-21(30-31-22)16-5-7-18(12-16)36-25(35)29-26(2)9-10-26/h6,8,13-16,18H,3-5,7,9-12H2,1-2H3,(H,29,35)(H2,28,30,31,34)/t15?,16-,18+/m0/s1. The number of nitrogens with zero attached hydrogens (tertiary/aromatic N) is 2. The molecular formula is C26H32BrN5O4. The number of aromatic nitrogens is 2. The summed E-state index contributed by atoms with van der Waals surface area (Å²) in [6, 6.07) is 7.55. The van der Waals surface area contributed by atoms with Gasteiger partial charge in [-0.05, 0) is 70.1 Å². The number of ether oxygens (including phenoxy) is 1. The highest BCUT2D eigenvalue weighted by Crippen LogP contribution is 2.38.